The van der Waals surface area contributed by atoms with Gasteiger partial charge in [0, 0.05) is 0 Å². The summed E-state index contributed by atoms with van der Waals surface area (Å²) in [7, 11) is 0. The summed E-state index contributed by atoms with van der Waals surface area (Å²) in [4.78, 5) is 23.4. The average Bonchev–Trinajstić information content (AvgIpc) is 2.55. The van der Waals surface area contributed by atoms with Gasteiger partial charge in [-0.15, -0.1) is 0 Å². The van der Waals surface area contributed by atoms with Crippen molar-refractivity contribution in [3.05, 3.63) is 56.5 Å². The number of hydrogen-bond acceptors (Lipinski definition) is 5. The minimum absolute atomic E-state index is 0.0184. The first-order valence-electron chi connectivity index (χ1n) is 6.75. The Morgan fingerprint density at radius 1 is 0.680 bits per heavy atom. The van der Waals surface area contributed by atoms with Gasteiger partial charge in [0.2, 0.25) is 0 Å². The van der Waals surface area contributed by atoms with Gasteiger partial charge in [-0.25, -0.2) is 9.59 Å². The SMILES string of the molecule is O=C(COCC(=O)Oc1c(Cl)cccc1Cl)Oc1c(Cl)cccc1Cl. The van der Waals surface area contributed by atoms with Gasteiger partial charge in [0.1, 0.15) is 13.2 Å². The van der Waals surface area contributed by atoms with E-state index in [1.807, 2.05) is 0 Å². The Bertz CT molecular complexity index is 688. The first kappa shape index (κ1) is 19.8. The monoisotopic (exact) mass is 422 g/mol. The van der Waals surface area contributed by atoms with Crippen LogP contribution in [0.25, 0.3) is 0 Å². The van der Waals surface area contributed by atoms with Crippen LogP contribution in [0.2, 0.25) is 20.1 Å². The van der Waals surface area contributed by atoms with Crippen molar-refractivity contribution < 1.29 is 23.8 Å². The highest BCUT2D eigenvalue weighted by molar-refractivity contribution is 6.37. The lowest BCUT2D eigenvalue weighted by atomic mass is 10.3. The van der Waals surface area contributed by atoms with Crippen molar-refractivity contribution in [2.24, 2.45) is 0 Å². The molecule has 0 unspecified atom stereocenters. The predicted molar refractivity (Wildman–Crippen MR) is 95.0 cm³/mol. The van der Waals surface area contributed by atoms with Crippen molar-refractivity contribution >= 4 is 58.3 Å². The topological polar surface area (TPSA) is 61.8 Å². The number of ether oxygens (including phenoxy) is 3. The number of para-hydroxylation sites is 2. The van der Waals surface area contributed by atoms with E-state index in [1.165, 1.54) is 24.3 Å². The number of carbonyl (C=O) groups excluding carboxylic acids is 2. The zero-order valence-corrected chi connectivity index (χ0v) is 15.5. The smallest absolute Gasteiger partial charge is 0.337 e. The Kier molecular flexibility index (Phi) is 7.35. The number of hydrogen-bond donors (Lipinski definition) is 0. The third kappa shape index (κ3) is 5.76. The zero-order valence-electron chi connectivity index (χ0n) is 12.4. The van der Waals surface area contributed by atoms with Crippen LogP contribution in [0.3, 0.4) is 0 Å². The Labute approximate surface area is 163 Å². The molecule has 0 N–H and O–H groups in total. The van der Waals surface area contributed by atoms with Crippen LogP contribution in [0.4, 0.5) is 0 Å². The van der Waals surface area contributed by atoms with Crippen LogP contribution in [0.5, 0.6) is 11.5 Å². The highest BCUT2D eigenvalue weighted by Gasteiger charge is 2.15. The van der Waals surface area contributed by atoms with E-state index in [9.17, 15) is 9.59 Å². The van der Waals surface area contributed by atoms with Crippen molar-refractivity contribution in [2.45, 2.75) is 0 Å². The van der Waals surface area contributed by atoms with Crippen molar-refractivity contribution in [3.63, 3.8) is 0 Å². The van der Waals surface area contributed by atoms with Crippen molar-refractivity contribution in [1.29, 1.82) is 0 Å². The lowest BCUT2D eigenvalue weighted by Crippen LogP contribution is -2.22. The summed E-state index contributed by atoms with van der Waals surface area (Å²) in [5.41, 5.74) is 0. The molecule has 132 valence electrons. The third-order valence-electron chi connectivity index (χ3n) is 2.71. The molecule has 0 saturated heterocycles. The molecule has 0 amide bonds. The van der Waals surface area contributed by atoms with E-state index in [4.69, 9.17) is 60.6 Å². The molecule has 0 atom stereocenters. The molecular formula is C16H10Cl4O5. The summed E-state index contributed by atoms with van der Waals surface area (Å²) < 4.78 is 14.9. The molecule has 2 rings (SSSR count). The molecule has 0 radical (unpaired) electrons. The van der Waals surface area contributed by atoms with Gasteiger partial charge in [-0.05, 0) is 24.3 Å². The summed E-state index contributed by atoms with van der Waals surface area (Å²) >= 11 is 23.5. The van der Waals surface area contributed by atoms with Gasteiger partial charge in [-0.1, -0.05) is 58.5 Å². The van der Waals surface area contributed by atoms with Crippen LogP contribution < -0.4 is 9.47 Å². The second-order valence-electron chi connectivity index (χ2n) is 4.54. The van der Waals surface area contributed by atoms with Crippen LogP contribution in [-0.2, 0) is 14.3 Å². The summed E-state index contributed by atoms with van der Waals surface area (Å²) in [5, 5.41) is 0.699. The Hall–Kier alpha value is -1.50. The number of esters is 2. The molecular weight excluding hydrogens is 414 g/mol. The van der Waals surface area contributed by atoms with Crippen molar-refractivity contribution in [1.82, 2.24) is 0 Å². The molecule has 0 saturated carbocycles. The summed E-state index contributed by atoms with van der Waals surface area (Å²) in [6, 6.07) is 9.27. The molecule has 0 aromatic heterocycles. The number of carbonyl (C=O) groups is 2. The van der Waals surface area contributed by atoms with E-state index in [0.29, 0.717) is 0 Å². The molecule has 0 fully saturated rings. The number of rotatable bonds is 6. The standard InChI is InChI=1S/C16H10Cl4O5/c17-9-3-1-4-10(18)15(9)24-13(21)7-23-8-14(22)25-16-11(19)5-2-6-12(16)20/h1-6H,7-8H2. The van der Waals surface area contributed by atoms with Gasteiger partial charge in [-0.2, -0.15) is 0 Å². The predicted octanol–water partition coefficient (Wildman–Crippen LogP) is 4.83. The maximum atomic E-state index is 11.7. The molecule has 0 aliphatic heterocycles. The van der Waals surface area contributed by atoms with Gasteiger partial charge < -0.3 is 14.2 Å². The second kappa shape index (κ2) is 9.27. The van der Waals surface area contributed by atoms with E-state index in [2.05, 4.69) is 0 Å². The Morgan fingerprint density at radius 2 is 1.00 bits per heavy atom. The molecule has 0 heterocycles. The van der Waals surface area contributed by atoms with Crippen LogP contribution >= 0.6 is 46.4 Å². The van der Waals surface area contributed by atoms with E-state index in [-0.39, 0.29) is 31.6 Å². The number of benzene rings is 2. The minimum atomic E-state index is -0.779. The normalized spacial score (nSPS) is 10.4. The first-order valence-corrected chi connectivity index (χ1v) is 8.27. The highest BCUT2D eigenvalue weighted by Crippen LogP contribution is 2.33. The Morgan fingerprint density at radius 3 is 1.32 bits per heavy atom. The second-order valence-corrected chi connectivity index (χ2v) is 6.17. The molecule has 2 aromatic carbocycles. The Balaban J connectivity index is 1.82. The fraction of sp³-hybridized carbons (Fsp3) is 0.125. The number of halogens is 4. The summed E-state index contributed by atoms with van der Waals surface area (Å²) in [6.45, 7) is -1.01. The first-order chi connectivity index (χ1) is 11.9. The lowest BCUT2D eigenvalue weighted by molar-refractivity contribution is -0.145. The van der Waals surface area contributed by atoms with Crippen LogP contribution in [0.15, 0.2) is 36.4 Å². The molecule has 0 spiro atoms. The summed E-state index contributed by atoms with van der Waals surface area (Å²) in [5.74, 6) is -1.52. The molecule has 0 aliphatic carbocycles. The fourth-order valence-corrected chi connectivity index (χ4v) is 2.61. The van der Waals surface area contributed by atoms with Crippen molar-refractivity contribution in [2.75, 3.05) is 13.2 Å². The van der Waals surface area contributed by atoms with Crippen LogP contribution in [0, 0.1) is 0 Å². The molecule has 0 bridgehead atoms. The van der Waals surface area contributed by atoms with E-state index < -0.39 is 25.2 Å². The minimum Gasteiger partial charge on any atom is -0.422 e. The summed E-state index contributed by atoms with van der Waals surface area (Å²) in [6.07, 6.45) is 0. The van der Waals surface area contributed by atoms with E-state index in [1.54, 1.807) is 12.1 Å². The molecule has 2 aromatic rings. The van der Waals surface area contributed by atoms with Crippen LogP contribution in [0.1, 0.15) is 0 Å². The molecule has 0 aliphatic rings. The molecule has 25 heavy (non-hydrogen) atoms. The van der Waals surface area contributed by atoms with Gasteiger partial charge in [0.15, 0.2) is 11.5 Å². The third-order valence-corrected chi connectivity index (χ3v) is 3.90. The van der Waals surface area contributed by atoms with Gasteiger partial charge in [-0.3, -0.25) is 0 Å². The largest absolute Gasteiger partial charge is 0.422 e. The fourth-order valence-electron chi connectivity index (χ4n) is 1.66. The van der Waals surface area contributed by atoms with Gasteiger partial charge in [0.25, 0.3) is 0 Å². The van der Waals surface area contributed by atoms with Crippen LogP contribution in [-0.4, -0.2) is 25.2 Å². The van der Waals surface area contributed by atoms with E-state index in [0.717, 1.165) is 0 Å². The highest BCUT2D eigenvalue weighted by atomic mass is 35.5. The molecule has 5 nitrogen and oxygen atoms in total. The van der Waals surface area contributed by atoms with E-state index >= 15 is 0 Å². The van der Waals surface area contributed by atoms with Gasteiger partial charge in [0.05, 0.1) is 20.1 Å². The lowest BCUT2D eigenvalue weighted by Gasteiger charge is -2.09. The molecule has 9 heteroatoms. The van der Waals surface area contributed by atoms with Gasteiger partial charge >= 0.3 is 11.9 Å². The average molecular weight is 424 g/mol. The van der Waals surface area contributed by atoms with Crippen molar-refractivity contribution in [3.8, 4) is 11.5 Å². The maximum absolute atomic E-state index is 11.7. The zero-order chi connectivity index (χ0) is 18.4. The quantitative estimate of drug-likeness (QED) is 0.492. The maximum Gasteiger partial charge on any atom is 0.337 e.